The van der Waals surface area contributed by atoms with Gasteiger partial charge in [0, 0.05) is 31.2 Å². The second-order valence-electron chi connectivity index (χ2n) is 5.54. The van der Waals surface area contributed by atoms with Crippen LogP contribution >= 0.6 is 23.2 Å². The molecule has 2 bridgehead atoms. The monoisotopic (exact) mass is 300 g/mol. The van der Waals surface area contributed by atoms with Gasteiger partial charge in [-0.1, -0.05) is 29.6 Å². The van der Waals surface area contributed by atoms with Crippen LogP contribution in [0.3, 0.4) is 0 Å². The van der Waals surface area contributed by atoms with Crippen molar-refractivity contribution in [3.8, 4) is 0 Å². The third-order valence-corrected chi connectivity index (χ3v) is 4.59. The van der Waals surface area contributed by atoms with Crippen molar-refractivity contribution in [2.45, 2.75) is 50.2 Å². The van der Waals surface area contributed by atoms with E-state index in [9.17, 15) is 0 Å². The van der Waals surface area contributed by atoms with Gasteiger partial charge in [0.05, 0.1) is 0 Å². The normalized spacial score (nSPS) is 30.2. The van der Waals surface area contributed by atoms with Gasteiger partial charge in [0.15, 0.2) is 0 Å². The smallest absolute Gasteiger partial charge is 0.228 e. The van der Waals surface area contributed by atoms with Gasteiger partial charge in [0.1, 0.15) is 10.3 Å². The van der Waals surface area contributed by atoms with Crippen molar-refractivity contribution in [1.82, 2.24) is 15.3 Å². The largest absolute Gasteiger partial charge is 0.341 e. The van der Waals surface area contributed by atoms with E-state index in [1.807, 2.05) is 7.05 Å². The fourth-order valence-corrected chi connectivity index (χ4v) is 3.67. The molecule has 6 heteroatoms. The predicted octanol–water partition coefficient (Wildman–Crippen LogP) is 2.89. The number of anilines is 1. The molecule has 2 aliphatic heterocycles. The van der Waals surface area contributed by atoms with Crippen LogP contribution in [0.15, 0.2) is 6.07 Å². The second kappa shape index (κ2) is 5.43. The summed E-state index contributed by atoms with van der Waals surface area (Å²) in [6, 6.07) is 3.30. The lowest BCUT2D eigenvalue weighted by Crippen LogP contribution is -2.54. The van der Waals surface area contributed by atoms with Crippen LogP contribution in [0.5, 0.6) is 0 Å². The summed E-state index contributed by atoms with van der Waals surface area (Å²) in [5.41, 5.74) is 0. The highest BCUT2D eigenvalue weighted by Crippen LogP contribution is 2.30. The Morgan fingerprint density at radius 1 is 1.16 bits per heavy atom. The van der Waals surface area contributed by atoms with Gasteiger partial charge in [-0.2, -0.15) is 0 Å². The maximum atomic E-state index is 5.95. The summed E-state index contributed by atoms with van der Waals surface area (Å²) in [5.74, 6) is 0.627. The van der Waals surface area contributed by atoms with Gasteiger partial charge in [-0.05, 0) is 25.7 Å². The fraction of sp³-hybridized carbons (Fsp3) is 0.692. The molecule has 2 atom stereocenters. The Hall–Kier alpha value is -0.580. The lowest BCUT2D eigenvalue weighted by atomic mass is 9.83. The fourth-order valence-electron chi connectivity index (χ4n) is 3.25. The number of hydrogen-bond donors (Lipinski definition) is 1. The molecule has 2 fully saturated rings. The van der Waals surface area contributed by atoms with Gasteiger partial charge in [-0.15, -0.1) is 0 Å². The zero-order chi connectivity index (χ0) is 13.4. The Kier molecular flexibility index (Phi) is 3.83. The molecule has 104 valence electrons. The van der Waals surface area contributed by atoms with E-state index in [4.69, 9.17) is 23.2 Å². The summed E-state index contributed by atoms with van der Waals surface area (Å²) in [4.78, 5) is 10.7. The molecule has 4 nitrogen and oxygen atoms in total. The first-order valence-electron chi connectivity index (χ1n) is 6.81. The first-order chi connectivity index (χ1) is 9.11. The number of piperidine rings is 2. The molecule has 2 unspecified atom stereocenters. The minimum Gasteiger partial charge on any atom is -0.341 e. The zero-order valence-corrected chi connectivity index (χ0v) is 12.5. The van der Waals surface area contributed by atoms with Crippen LogP contribution in [0.1, 0.15) is 32.1 Å². The van der Waals surface area contributed by atoms with Crippen LogP contribution in [0, 0.1) is 0 Å². The standard InChI is InChI=1S/C13H18Cl2N4/c1-19(13-17-11(14)7-12(15)18-13)10-5-8-3-2-4-9(6-10)16-8/h7-10,16H,2-6H2,1H3. The van der Waals surface area contributed by atoms with E-state index in [1.165, 1.54) is 19.3 Å². The van der Waals surface area contributed by atoms with Crippen molar-refractivity contribution in [2.75, 3.05) is 11.9 Å². The maximum Gasteiger partial charge on any atom is 0.228 e. The van der Waals surface area contributed by atoms with E-state index in [0.29, 0.717) is 34.4 Å². The summed E-state index contributed by atoms with van der Waals surface area (Å²) in [6.07, 6.45) is 6.18. The number of hydrogen-bond acceptors (Lipinski definition) is 4. The molecule has 0 aliphatic carbocycles. The number of halogens is 2. The number of rotatable bonds is 2. The highest BCUT2D eigenvalue weighted by Gasteiger charge is 2.33. The van der Waals surface area contributed by atoms with Gasteiger partial charge in [-0.3, -0.25) is 0 Å². The van der Waals surface area contributed by atoms with Gasteiger partial charge in [0.25, 0.3) is 0 Å². The topological polar surface area (TPSA) is 41.1 Å². The lowest BCUT2D eigenvalue weighted by Gasteiger charge is -2.43. The van der Waals surface area contributed by atoms with Crippen molar-refractivity contribution in [3.05, 3.63) is 16.4 Å². The van der Waals surface area contributed by atoms with Crippen molar-refractivity contribution in [1.29, 1.82) is 0 Å². The van der Waals surface area contributed by atoms with Crippen LogP contribution in [0.4, 0.5) is 5.95 Å². The molecule has 1 N–H and O–H groups in total. The van der Waals surface area contributed by atoms with Gasteiger partial charge < -0.3 is 10.2 Å². The Bertz CT molecular complexity index is 436. The van der Waals surface area contributed by atoms with E-state index in [0.717, 1.165) is 12.8 Å². The van der Waals surface area contributed by atoms with Crippen molar-refractivity contribution in [3.63, 3.8) is 0 Å². The molecular formula is C13H18Cl2N4. The highest BCUT2D eigenvalue weighted by atomic mass is 35.5. The Morgan fingerprint density at radius 3 is 2.32 bits per heavy atom. The van der Waals surface area contributed by atoms with E-state index in [1.54, 1.807) is 6.07 Å². The summed E-state index contributed by atoms with van der Waals surface area (Å²) >= 11 is 11.9. The minimum atomic E-state index is 0.399. The summed E-state index contributed by atoms with van der Waals surface area (Å²) in [5, 5.41) is 4.49. The van der Waals surface area contributed by atoms with E-state index < -0.39 is 0 Å². The summed E-state index contributed by atoms with van der Waals surface area (Å²) < 4.78 is 0. The zero-order valence-electron chi connectivity index (χ0n) is 10.9. The average molecular weight is 301 g/mol. The molecule has 3 heterocycles. The van der Waals surface area contributed by atoms with Gasteiger partial charge in [0.2, 0.25) is 5.95 Å². The van der Waals surface area contributed by atoms with Crippen molar-refractivity contribution < 1.29 is 0 Å². The molecule has 0 spiro atoms. The van der Waals surface area contributed by atoms with Crippen LogP contribution in [0.25, 0.3) is 0 Å². The number of nitrogens with one attached hydrogen (secondary N) is 1. The van der Waals surface area contributed by atoms with Crippen molar-refractivity contribution >= 4 is 29.2 Å². The van der Waals surface area contributed by atoms with E-state index in [-0.39, 0.29) is 0 Å². The molecule has 0 radical (unpaired) electrons. The van der Waals surface area contributed by atoms with E-state index >= 15 is 0 Å². The molecule has 1 aromatic rings. The third-order valence-electron chi connectivity index (χ3n) is 4.20. The molecular weight excluding hydrogens is 283 g/mol. The predicted molar refractivity (Wildman–Crippen MR) is 78.0 cm³/mol. The minimum absolute atomic E-state index is 0.399. The molecule has 1 aromatic heterocycles. The maximum absolute atomic E-state index is 5.95. The van der Waals surface area contributed by atoms with Gasteiger partial charge in [-0.25, -0.2) is 9.97 Å². The van der Waals surface area contributed by atoms with Crippen LogP contribution in [-0.4, -0.2) is 35.1 Å². The van der Waals surface area contributed by atoms with Crippen LogP contribution in [-0.2, 0) is 0 Å². The first kappa shape index (κ1) is 13.4. The average Bonchev–Trinajstić information content (AvgIpc) is 2.36. The highest BCUT2D eigenvalue weighted by molar-refractivity contribution is 6.33. The lowest BCUT2D eigenvalue weighted by molar-refractivity contribution is 0.218. The Balaban J connectivity index is 1.77. The molecule has 19 heavy (non-hydrogen) atoms. The summed E-state index contributed by atoms with van der Waals surface area (Å²) in [6.45, 7) is 0. The Labute approximate surface area is 123 Å². The van der Waals surface area contributed by atoms with Crippen LogP contribution < -0.4 is 10.2 Å². The van der Waals surface area contributed by atoms with Crippen molar-refractivity contribution in [2.24, 2.45) is 0 Å². The molecule has 2 aliphatic rings. The number of nitrogens with zero attached hydrogens (tertiary/aromatic N) is 3. The van der Waals surface area contributed by atoms with Crippen LogP contribution in [0.2, 0.25) is 10.3 Å². The quantitative estimate of drug-likeness (QED) is 0.853. The van der Waals surface area contributed by atoms with Gasteiger partial charge >= 0.3 is 0 Å². The second-order valence-corrected chi connectivity index (χ2v) is 6.32. The number of aromatic nitrogens is 2. The molecule has 0 aromatic carbocycles. The third kappa shape index (κ3) is 2.96. The molecule has 2 saturated heterocycles. The first-order valence-corrected chi connectivity index (χ1v) is 7.56. The molecule has 0 amide bonds. The Morgan fingerprint density at radius 2 is 1.74 bits per heavy atom. The SMILES string of the molecule is CN(c1nc(Cl)cc(Cl)n1)C1CC2CCCC(C1)N2. The molecule has 3 rings (SSSR count). The molecule has 0 saturated carbocycles. The van der Waals surface area contributed by atoms with E-state index in [2.05, 4.69) is 20.2 Å². The summed E-state index contributed by atoms with van der Waals surface area (Å²) in [7, 11) is 2.04. The number of fused-ring (bicyclic) bond motifs is 2.